The average molecular weight is 296 g/mol. The number of nitrogen functional groups attached to an aromatic ring is 1. The molecule has 2 aromatic heterocycles. The van der Waals surface area contributed by atoms with Crippen molar-refractivity contribution in [1.82, 2.24) is 14.5 Å². The predicted octanol–water partition coefficient (Wildman–Crippen LogP) is 0.735. The number of hydrogen-bond acceptors (Lipinski definition) is 5. The zero-order valence-electron chi connectivity index (χ0n) is 8.80. The second-order valence-corrected chi connectivity index (χ2v) is 4.27. The Balaban J connectivity index is 2.25. The molecular weight excluding hydrogens is 286 g/mol. The van der Waals surface area contributed by atoms with E-state index in [0.717, 1.165) is 4.47 Å². The van der Waals surface area contributed by atoms with Crippen molar-refractivity contribution in [3.63, 3.8) is 0 Å². The van der Waals surface area contributed by atoms with E-state index in [9.17, 15) is 4.79 Å². The van der Waals surface area contributed by atoms with Crippen LogP contribution in [0.3, 0.4) is 0 Å². The van der Waals surface area contributed by atoms with Crippen molar-refractivity contribution in [2.45, 2.75) is 6.54 Å². The van der Waals surface area contributed by atoms with Crippen molar-refractivity contribution in [3.05, 3.63) is 51.2 Å². The molecule has 0 saturated heterocycles. The van der Waals surface area contributed by atoms with Gasteiger partial charge in [-0.15, -0.1) is 0 Å². The molecular formula is C10H10BrN5O. The third kappa shape index (κ3) is 2.89. The largest absolute Gasteiger partial charge is 0.308 e. The molecule has 0 atom stereocenters. The fraction of sp³-hybridized carbons (Fsp3) is 0.100. The lowest BCUT2D eigenvalue weighted by Crippen LogP contribution is -2.19. The molecule has 0 amide bonds. The second-order valence-electron chi connectivity index (χ2n) is 3.35. The van der Waals surface area contributed by atoms with Crippen LogP contribution < -0.4 is 16.8 Å². The van der Waals surface area contributed by atoms with Gasteiger partial charge in [0.2, 0.25) is 0 Å². The number of aromatic nitrogens is 3. The lowest BCUT2D eigenvalue weighted by atomic mass is 10.4. The van der Waals surface area contributed by atoms with Gasteiger partial charge in [0, 0.05) is 16.7 Å². The minimum absolute atomic E-state index is 0.0870. The molecule has 17 heavy (non-hydrogen) atoms. The third-order valence-electron chi connectivity index (χ3n) is 2.13. The summed E-state index contributed by atoms with van der Waals surface area (Å²) in [5.74, 6) is 5.66. The summed E-state index contributed by atoms with van der Waals surface area (Å²) in [5, 5.41) is 0. The summed E-state index contributed by atoms with van der Waals surface area (Å²) in [6.07, 6.45) is 4.79. The zero-order valence-corrected chi connectivity index (χ0v) is 10.4. The van der Waals surface area contributed by atoms with Gasteiger partial charge in [0.15, 0.2) is 5.82 Å². The highest BCUT2D eigenvalue weighted by molar-refractivity contribution is 9.10. The molecule has 0 saturated carbocycles. The Morgan fingerprint density at radius 3 is 2.82 bits per heavy atom. The molecule has 7 heteroatoms. The van der Waals surface area contributed by atoms with Crippen molar-refractivity contribution < 1.29 is 0 Å². The first-order valence-electron chi connectivity index (χ1n) is 4.82. The molecule has 0 bridgehead atoms. The van der Waals surface area contributed by atoms with Crippen molar-refractivity contribution >= 4 is 21.7 Å². The van der Waals surface area contributed by atoms with Gasteiger partial charge in [-0.25, -0.2) is 10.8 Å². The number of anilines is 1. The molecule has 0 aromatic carbocycles. The summed E-state index contributed by atoms with van der Waals surface area (Å²) in [6, 6.07) is 3.19. The van der Waals surface area contributed by atoms with E-state index in [2.05, 4.69) is 31.3 Å². The number of rotatable bonds is 3. The first-order chi connectivity index (χ1) is 8.19. The standard InChI is InChI=1S/C10H10BrN5O/c11-7-1-2-10(17)16(5-7)6-8-3-14-9(15-12)4-13-8/h1-5H,6,12H2,(H,14,15). The maximum Gasteiger partial charge on any atom is 0.250 e. The van der Waals surface area contributed by atoms with Crippen LogP contribution >= 0.6 is 15.9 Å². The van der Waals surface area contributed by atoms with E-state index in [4.69, 9.17) is 5.84 Å². The fourth-order valence-corrected chi connectivity index (χ4v) is 1.69. The average Bonchev–Trinajstić information content (AvgIpc) is 2.35. The Morgan fingerprint density at radius 1 is 1.35 bits per heavy atom. The van der Waals surface area contributed by atoms with Gasteiger partial charge in [0.05, 0.1) is 24.6 Å². The molecule has 6 nitrogen and oxygen atoms in total. The van der Waals surface area contributed by atoms with Gasteiger partial charge >= 0.3 is 0 Å². The molecule has 88 valence electrons. The van der Waals surface area contributed by atoms with Crippen molar-refractivity contribution in [1.29, 1.82) is 0 Å². The van der Waals surface area contributed by atoms with E-state index >= 15 is 0 Å². The number of nitrogens with one attached hydrogen (secondary N) is 1. The van der Waals surface area contributed by atoms with Gasteiger partial charge in [-0.05, 0) is 22.0 Å². The van der Waals surface area contributed by atoms with E-state index in [1.54, 1.807) is 23.0 Å². The quantitative estimate of drug-likeness (QED) is 0.644. The highest BCUT2D eigenvalue weighted by Gasteiger charge is 2.01. The fourth-order valence-electron chi connectivity index (χ4n) is 1.31. The Hall–Kier alpha value is -1.73. The van der Waals surface area contributed by atoms with Gasteiger partial charge in [-0.3, -0.25) is 9.78 Å². The summed E-state index contributed by atoms with van der Waals surface area (Å²) in [5.41, 5.74) is 2.99. The van der Waals surface area contributed by atoms with Crippen LogP contribution in [0.15, 0.2) is 40.0 Å². The highest BCUT2D eigenvalue weighted by atomic mass is 79.9. The monoisotopic (exact) mass is 295 g/mol. The van der Waals surface area contributed by atoms with Gasteiger partial charge in [0.25, 0.3) is 5.56 Å². The van der Waals surface area contributed by atoms with E-state index < -0.39 is 0 Å². The predicted molar refractivity (Wildman–Crippen MR) is 67.3 cm³/mol. The Morgan fingerprint density at radius 2 is 2.18 bits per heavy atom. The lowest BCUT2D eigenvalue weighted by molar-refractivity contribution is 0.732. The minimum Gasteiger partial charge on any atom is -0.308 e. The first-order valence-corrected chi connectivity index (χ1v) is 5.62. The molecule has 0 spiro atoms. The molecule has 0 fully saturated rings. The Kier molecular flexibility index (Phi) is 3.50. The van der Waals surface area contributed by atoms with Crippen LogP contribution in [0, 0.1) is 0 Å². The van der Waals surface area contributed by atoms with Crippen LogP contribution in [-0.2, 0) is 6.54 Å². The topological polar surface area (TPSA) is 85.8 Å². The number of hydrogen-bond donors (Lipinski definition) is 2. The van der Waals surface area contributed by atoms with Gasteiger partial charge in [-0.2, -0.15) is 0 Å². The number of pyridine rings is 1. The normalized spacial score (nSPS) is 10.2. The maximum absolute atomic E-state index is 11.6. The molecule has 0 aliphatic heterocycles. The third-order valence-corrected chi connectivity index (χ3v) is 2.60. The molecule has 2 heterocycles. The Bertz CT molecular complexity index is 566. The van der Waals surface area contributed by atoms with Crippen LogP contribution in [0.4, 0.5) is 5.82 Å². The van der Waals surface area contributed by atoms with E-state index in [1.165, 1.54) is 12.3 Å². The molecule has 0 aliphatic carbocycles. The number of halogens is 1. The molecule has 2 aromatic rings. The van der Waals surface area contributed by atoms with E-state index in [0.29, 0.717) is 18.1 Å². The molecule has 0 radical (unpaired) electrons. The Labute approximate surface area is 106 Å². The summed E-state index contributed by atoms with van der Waals surface area (Å²) >= 11 is 3.31. The number of nitrogens with two attached hydrogens (primary N) is 1. The van der Waals surface area contributed by atoms with Crippen LogP contribution in [0.25, 0.3) is 0 Å². The van der Waals surface area contributed by atoms with Crippen LogP contribution in [-0.4, -0.2) is 14.5 Å². The van der Waals surface area contributed by atoms with Gasteiger partial charge < -0.3 is 9.99 Å². The first kappa shape index (κ1) is 11.7. The van der Waals surface area contributed by atoms with Gasteiger partial charge in [-0.1, -0.05) is 0 Å². The summed E-state index contributed by atoms with van der Waals surface area (Å²) in [4.78, 5) is 19.7. The van der Waals surface area contributed by atoms with E-state index in [-0.39, 0.29) is 5.56 Å². The molecule has 0 unspecified atom stereocenters. The van der Waals surface area contributed by atoms with E-state index in [1.807, 2.05) is 0 Å². The lowest BCUT2D eigenvalue weighted by Gasteiger charge is -2.05. The van der Waals surface area contributed by atoms with Crippen LogP contribution in [0.5, 0.6) is 0 Å². The maximum atomic E-state index is 11.6. The number of nitrogens with zero attached hydrogens (tertiary/aromatic N) is 3. The zero-order chi connectivity index (χ0) is 12.3. The summed E-state index contributed by atoms with van der Waals surface area (Å²) < 4.78 is 2.38. The molecule has 0 aliphatic rings. The van der Waals surface area contributed by atoms with Crippen LogP contribution in [0.2, 0.25) is 0 Å². The van der Waals surface area contributed by atoms with Crippen LogP contribution in [0.1, 0.15) is 5.69 Å². The highest BCUT2D eigenvalue weighted by Crippen LogP contribution is 2.06. The molecule has 3 N–H and O–H groups in total. The van der Waals surface area contributed by atoms with Crippen molar-refractivity contribution in [3.8, 4) is 0 Å². The second kappa shape index (κ2) is 5.07. The summed E-state index contributed by atoms with van der Waals surface area (Å²) in [7, 11) is 0. The number of hydrazine groups is 1. The molecule has 2 rings (SSSR count). The SMILES string of the molecule is NNc1cnc(Cn2cc(Br)ccc2=O)cn1. The van der Waals surface area contributed by atoms with Crippen molar-refractivity contribution in [2.75, 3.05) is 5.43 Å². The smallest absolute Gasteiger partial charge is 0.250 e. The van der Waals surface area contributed by atoms with Gasteiger partial charge in [0.1, 0.15) is 0 Å². The van der Waals surface area contributed by atoms with Crippen molar-refractivity contribution in [2.24, 2.45) is 5.84 Å². The summed E-state index contributed by atoms with van der Waals surface area (Å²) in [6.45, 7) is 0.371. The minimum atomic E-state index is -0.0870.